The van der Waals surface area contributed by atoms with Crippen LogP contribution in [0.5, 0.6) is 17.4 Å². The van der Waals surface area contributed by atoms with E-state index in [2.05, 4.69) is 4.98 Å². The van der Waals surface area contributed by atoms with Crippen molar-refractivity contribution in [3.63, 3.8) is 0 Å². The number of carboxylic acids is 1. The molecule has 2 aromatic rings. The van der Waals surface area contributed by atoms with Gasteiger partial charge in [-0.25, -0.2) is 4.79 Å². The number of carbonyl (C=O) groups is 1. The summed E-state index contributed by atoms with van der Waals surface area (Å²) in [6, 6.07) is 5.71. The van der Waals surface area contributed by atoms with E-state index in [0.29, 0.717) is 54.9 Å². The number of pyridine rings is 1. The smallest absolute Gasteiger partial charge is 0.490 e. The normalized spacial score (nSPS) is 12.0. The molecule has 0 saturated heterocycles. The molecular formula is C19H23F3N4O5. The summed E-state index contributed by atoms with van der Waals surface area (Å²) in [5.74, 6) is -0.602. The van der Waals surface area contributed by atoms with Gasteiger partial charge >= 0.3 is 12.1 Å². The number of ether oxygens (including phenoxy) is 3. The molecule has 0 spiro atoms. The maximum absolute atomic E-state index is 10.6. The molecule has 31 heavy (non-hydrogen) atoms. The Kier molecular flexibility index (Phi) is 7.89. The number of alkyl halides is 3. The van der Waals surface area contributed by atoms with Crippen LogP contribution in [-0.4, -0.2) is 42.1 Å². The van der Waals surface area contributed by atoms with Crippen molar-refractivity contribution in [2.24, 2.45) is 5.73 Å². The molecule has 0 unspecified atom stereocenters. The fourth-order valence-electron chi connectivity index (χ4n) is 2.67. The first kappa shape index (κ1) is 24.0. The summed E-state index contributed by atoms with van der Waals surface area (Å²) >= 11 is 0. The maximum atomic E-state index is 10.6. The monoisotopic (exact) mass is 444 g/mol. The van der Waals surface area contributed by atoms with Crippen LogP contribution in [0.2, 0.25) is 0 Å². The molecule has 1 aromatic carbocycles. The molecule has 0 atom stereocenters. The van der Waals surface area contributed by atoms with Gasteiger partial charge in [-0.2, -0.15) is 18.2 Å². The Bertz CT molecular complexity index is 938. The van der Waals surface area contributed by atoms with Crippen molar-refractivity contribution in [3.05, 3.63) is 34.9 Å². The zero-order chi connectivity index (χ0) is 23.2. The second-order valence-electron chi connectivity index (χ2n) is 6.27. The number of aromatic nitrogens is 1. The average Bonchev–Trinajstić information content (AvgIpc) is 2.70. The van der Waals surface area contributed by atoms with Crippen LogP contribution in [0.15, 0.2) is 18.2 Å². The first-order valence-corrected chi connectivity index (χ1v) is 9.16. The second-order valence-corrected chi connectivity index (χ2v) is 6.27. The Morgan fingerprint density at radius 2 is 1.97 bits per heavy atom. The van der Waals surface area contributed by atoms with Crippen molar-refractivity contribution in [1.82, 2.24) is 4.98 Å². The second kappa shape index (κ2) is 10.2. The molecule has 3 rings (SSSR count). The molecule has 1 aliphatic rings. The lowest BCUT2D eigenvalue weighted by molar-refractivity contribution is -0.192. The van der Waals surface area contributed by atoms with Gasteiger partial charge in [-0.3, -0.25) is 0 Å². The van der Waals surface area contributed by atoms with Gasteiger partial charge in [-0.05, 0) is 18.6 Å². The summed E-state index contributed by atoms with van der Waals surface area (Å²) in [6.07, 6.45) is -4.46. The molecule has 9 nitrogen and oxygen atoms in total. The topological polar surface area (TPSA) is 156 Å². The summed E-state index contributed by atoms with van der Waals surface area (Å²) in [6.45, 7) is 3.91. The number of benzene rings is 1. The van der Waals surface area contributed by atoms with Crippen LogP contribution in [0.4, 0.5) is 24.7 Å². The highest BCUT2D eigenvalue weighted by atomic mass is 19.4. The Balaban J connectivity index is 0.000000423. The first-order valence-electron chi connectivity index (χ1n) is 9.16. The van der Waals surface area contributed by atoms with Crippen molar-refractivity contribution in [3.8, 4) is 17.4 Å². The predicted molar refractivity (Wildman–Crippen MR) is 106 cm³/mol. The van der Waals surface area contributed by atoms with Crippen LogP contribution in [0.3, 0.4) is 0 Å². The molecule has 170 valence electrons. The van der Waals surface area contributed by atoms with Gasteiger partial charge in [0.1, 0.15) is 23.9 Å². The largest absolute Gasteiger partial charge is 0.491 e. The van der Waals surface area contributed by atoms with E-state index in [1.165, 1.54) is 0 Å². The van der Waals surface area contributed by atoms with Gasteiger partial charge in [0.25, 0.3) is 0 Å². The van der Waals surface area contributed by atoms with Crippen LogP contribution in [0.25, 0.3) is 0 Å². The number of nitrogens with zero attached hydrogens (tertiary/aromatic N) is 1. The number of fused-ring (bicyclic) bond motifs is 2. The first-order chi connectivity index (χ1) is 14.6. The number of nitrogen functional groups attached to an aromatic ring is 2. The minimum Gasteiger partial charge on any atom is -0.491 e. The van der Waals surface area contributed by atoms with Gasteiger partial charge in [0.2, 0.25) is 5.88 Å². The molecule has 1 aliphatic heterocycles. The average molecular weight is 444 g/mol. The molecule has 0 radical (unpaired) electrons. The SMILES string of the molecule is CCOCCOc1ccc2c(c1)Oc1nc(N)c(CN)c(N)c1C2.O=C(O)C(F)(F)F. The van der Waals surface area contributed by atoms with Gasteiger partial charge < -0.3 is 36.5 Å². The molecule has 0 fully saturated rings. The lowest BCUT2D eigenvalue weighted by Crippen LogP contribution is -2.21. The maximum Gasteiger partial charge on any atom is 0.490 e. The quantitative estimate of drug-likeness (QED) is 0.419. The number of nitrogens with two attached hydrogens (primary N) is 3. The number of anilines is 2. The summed E-state index contributed by atoms with van der Waals surface area (Å²) in [5.41, 5.74) is 20.8. The van der Waals surface area contributed by atoms with Crippen LogP contribution in [-0.2, 0) is 22.5 Å². The number of aliphatic carboxylic acids is 1. The lowest BCUT2D eigenvalue weighted by Gasteiger charge is -2.23. The van der Waals surface area contributed by atoms with Gasteiger partial charge in [0, 0.05) is 42.5 Å². The summed E-state index contributed by atoms with van der Waals surface area (Å²) in [5, 5.41) is 7.12. The zero-order valence-electron chi connectivity index (χ0n) is 16.7. The Morgan fingerprint density at radius 3 is 2.55 bits per heavy atom. The van der Waals surface area contributed by atoms with E-state index < -0.39 is 12.1 Å². The van der Waals surface area contributed by atoms with Crippen LogP contribution in [0, 0.1) is 0 Å². The van der Waals surface area contributed by atoms with E-state index in [0.717, 1.165) is 16.9 Å². The molecule has 0 saturated carbocycles. The van der Waals surface area contributed by atoms with Gasteiger partial charge in [-0.15, -0.1) is 0 Å². The van der Waals surface area contributed by atoms with E-state index in [1.54, 1.807) is 0 Å². The van der Waals surface area contributed by atoms with Crippen molar-refractivity contribution in [2.45, 2.75) is 26.1 Å². The molecule has 12 heteroatoms. The molecule has 7 N–H and O–H groups in total. The predicted octanol–water partition coefficient (Wildman–Crippen LogP) is 2.45. The number of carboxylic acid groups (broad SMARTS) is 1. The lowest BCUT2D eigenvalue weighted by atomic mass is 9.98. The molecule has 0 amide bonds. The van der Waals surface area contributed by atoms with Gasteiger partial charge in [0.05, 0.1) is 6.61 Å². The highest BCUT2D eigenvalue weighted by molar-refractivity contribution is 5.73. The van der Waals surface area contributed by atoms with Crippen molar-refractivity contribution >= 4 is 17.5 Å². The fraction of sp³-hybridized carbons (Fsp3) is 0.368. The highest BCUT2D eigenvalue weighted by Gasteiger charge is 2.38. The Morgan fingerprint density at radius 1 is 1.29 bits per heavy atom. The van der Waals surface area contributed by atoms with E-state index in [4.69, 9.17) is 41.3 Å². The fourth-order valence-corrected chi connectivity index (χ4v) is 2.67. The number of rotatable bonds is 6. The third-order valence-electron chi connectivity index (χ3n) is 4.20. The van der Waals surface area contributed by atoms with E-state index >= 15 is 0 Å². The summed E-state index contributed by atoms with van der Waals surface area (Å²) in [4.78, 5) is 13.2. The molecular weight excluding hydrogens is 421 g/mol. The highest BCUT2D eigenvalue weighted by Crippen LogP contribution is 2.41. The number of hydrogen-bond donors (Lipinski definition) is 4. The van der Waals surface area contributed by atoms with Crippen LogP contribution >= 0.6 is 0 Å². The van der Waals surface area contributed by atoms with Crippen LogP contribution in [0.1, 0.15) is 23.6 Å². The van der Waals surface area contributed by atoms with Gasteiger partial charge in [0.15, 0.2) is 0 Å². The third-order valence-corrected chi connectivity index (χ3v) is 4.20. The number of halogens is 3. The molecule has 1 aromatic heterocycles. The number of hydrogen-bond acceptors (Lipinski definition) is 8. The summed E-state index contributed by atoms with van der Waals surface area (Å²) in [7, 11) is 0. The van der Waals surface area contributed by atoms with Gasteiger partial charge in [-0.1, -0.05) is 6.07 Å². The van der Waals surface area contributed by atoms with Crippen molar-refractivity contribution in [2.75, 3.05) is 31.3 Å². The zero-order valence-corrected chi connectivity index (χ0v) is 16.7. The Hall–Kier alpha value is -3.25. The van der Waals surface area contributed by atoms with E-state index in [9.17, 15) is 13.2 Å². The van der Waals surface area contributed by atoms with E-state index in [1.807, 2.05) is 25.1 Å². The third kappa shape index (κ3) is 6.12. The summed E-state index contributed by atoms with van der Waals surface area (Å²) < 4.78 is 48.5. The standard InChI is InChI=1S/C17H22N4O3.C2HF3O2/c1-2-22-5-6-23-11-4-3-10-7-12-15(19)13(9-18)16(20)21-17(12)24-14(10)8-11;3-2(4,5)1(6)7/h3-4,8H,2,5-7,9,18H2,1H3,(H4,19,20,21);(H,6,7). The van der Waals surface area contributed by atoms with E-state index in [-0.39, 0.29) is 6.54 Å². The van der Waals surface area contributed by atoms with Crippen molar-refractivity contribution in [1.29, 1.82) is 0 Å². The Labute approximate surface area is 175 Å². The van der Waals surface area contributed by atoms with Crippen molar-refractivity contribution < 1.29 is 37.3 Å². The molecule has 0 bridgehead atoms. The minimum absolute atomic E-state index is 0.247. The molecule has 2 heterocycles. The molecule has 0 aliphatic carbocycles. The van der Waals surface area contributed by atoms with Crippen LogP contribution < -0.4 is 26.7 Å². The minimum atomic E-state index is -5.08.